The van der Waals surface area contributed by atoms with Gasteiger partial charge in [-0.3, -0.25) is 0 Å². The molecule has 1 heterocycles. The lowest BCUT2D eigenvalue weighted by Crippen LogP contribution is -2.25. The van der Waals surface area contributed by atoms with E-state index in [1.165, 1.54) is 12.1 Å². The van der Waals surface area contributed by atoms with Gasteiger partial charge < -0.3 is 0 Å². The fraction of sp³-hybridized carbons (Fsp3) is 0.375. The highest BCUT2D eigenvalue weighted by atomic mass is 79.9. The molecule has 0 radical (unpaired) electrons. The van der Waals surface area contributed by atoms with Crippen molar-refractivity contribution in [3.05, 3.63) is 21.8 Å². The molecule has 1 aromatic rings. The molecule has 0 aromatic carbocycles. The highest BCUT2D eigenvalue weighted by Gasteiger charge is 2.15. The van der Waals surface area contributed by atoms with Gasteiger partial charge in [0.15, 0.2) is 5.03 Å². The summed E-state index contributed by atoms with van der Waals surface area (Å²) in [4.78, 5) is 3.74. The van der Waals surface area contributed by atoms with Crippen molar-refractivity contribution >= 4 is 37.6 Å². The van der Waals surface area contributed by atoms with E-state index in [1.807, 2.05) is 6.92 Å². The van der Waals surface area contributed by atoms with Crippen molar-refractivity contribution in [2.24, 2.45) is 0 Å². The van der Waals surface area contributed by atoms with Crippen molar-refractivity contribution in [2.45, 2.75) is 18.4 Å². The third-order valence-electron chi connectivity index (χ3n) is 1.55. The molecule has 0 spiro atoms. The number of rotatable bonds is 4. The van der Waals surface area contributed by atoms with Crippen LogP contribution < -0.4 is 4.72 Å². The van der Waals surface area contributed by atoms with Gasteiger partial charge in [-0.05, 0) is 18.6 Å². The minimum absolute atomic E-state index is 0.0738. The van der Waals surface area contributed by atoms with Crippen molar-refractivity contribution in [1.29, 1.82) is 0 Å². The molecule has 0 aliphatic heterocycles. The molecule has 0 bridgehead atoms. The maximum absolute atomic E-state index is 11.6. The van der Waals surface area contributed by atoms with Crippen LogP contribution in [0.5, 0.6) is 0 Å². The quantitative estimate of drug-likeness (QED) is 0.867. The molecule has 1 rings (SSSR count). The van der Waals surface area contributed by atoms with E-state index in [4.69, 9.17) is 11.6 Å². The van der Waals surface area contributed by atoms with Crippen LogP contribution >= 0.6 is 27.5 Å². The zero-order valence-electron chi connectivity index (χ0n) is 8.00. The fourth-order valence-electron chi connectivity index (χ4n) is 0.891. The van der Waals surface area contributed by atoms with Gasteiger partial charge >= 0.3 is 0 Å². The van der Waals surface area contributed by atoms with E-state index < -0.39 is 10.0 Å². The second kappa shape index (κ2) is 5.25. The van der Waals surface area contributed by atoms with Crippen molar-refractivity contribution in [2.75, 3.05) is 6.54 Å². The van der Waals surface area contributed by atoms with Gasteiger partial charge in [0.1, 0.15) is 5.15 Å². The van der Waals surface area contributed by atoms with Gasteiger partial charge in [-0.25, -0.2) is 18.1 Å². The molecule has 0 aliphatic carbocycles. The topological polar surface area (TPSA) is 59.1 Å². The monoisotopic (exact) mass is 312 g/mol. The Morgan fingerprint density at radius 2 is 2.20 bits per heavy atom. The van der Waals surface area contributed by atoms with Gasteiger partial charge in [0.05, 0.1) is 0 Å². The number of pyridine rings is 1. The second-order valence-corrected chi connectivity index (χ2v) is 5.86. The van der Waals surface area contributed by atoms with Crippen molar-refractivity contribution in [3.63, 3.8) is 0 Å². The largest absolute Gasteiger partial charge is 0.258 e. The standard InChI is InChI=1S/C8H10BrClN2O2S/c1-2-3-11-15(13,14)8-5-6(9)4-7(10)12-8/h4-5,11H,2-3H2,1H3. The summed E-state index contributed by atoms with van der Waals surface area (Å²) in [6, 6.07) is 2.93. The molecule has 0 fully saturated rings. The molecule has 0 saturated heterocycles. The summed E-state index contributed by atoms with van der Waals surface area (Å²) in [7, 11) is -3.54. The Morgan fingerprint density at radius 1 is 1.53 bits per heavy atom. The predicted molar refractivity (Wildman–Crippen MR) is 62.4 cm³/mol. The van der Waals surface area contributed by atoms with E-state index in [-0.39, 0.29) is 10.2 Å². The normalized spacial score (nSPS) is 11.7. The molecule has 1 N–H and O–H groups in total. The molecule has 84 valence electrons. The molecule has 4 nitrogen and oxygen atoms in total. The van der Waals surface area contributed by atoms with Crippen LogP contribution in [0.3, 0.4) is 0 Å². The third-order valence-corrected chi connectivity index (χ3v) is 3.55. The molecular formula is C8H10BrClN2O2S. The molecule has 0 saturated carbocycles. The van der Waals surface area contributed by atoms with Gasteiger partial charge in [-0.1, -0.05) is 34.5 Å². The maximum Gasteiger partial charge on any atom is 0.258 e. The number of nitrogens with one attached hydrogen (secondary N) is 1. The molecule has 1 aromatic heterocycles. The van der Waals surface area contributed by atoms with E-state index >= 15 is 0 Å². The molecule has 0 amide bonds. The number of nitrogens with zero attached hydrogens (tertiary/aromatic N) is 1. The SMILES string of the molecule is CCCNS(=O)(=O)c1cc(Br)cc(Cl)n1. The van der Waals surface area contributed by atoms with Gasteiger partial charge in [0.2, 0.25) is 0 Å². The zero-order chi connectivity index (χ0) is 11.5. The van der Waals surface area contributed by atoms with Gasteiger partial charge in [-0.15, -0.1) is 0 Å². The summed E-state index contributed by atoms with van der Waals surface area (Å²) >= 11 is 8.81. The smallest absolute Gasteiger partial charge is 0.223 e. The summed E-state index contributed by atoms with van der Waals surface area (Å²) in [5.74, 6) is 0. The Bertz CT molecular complexity index is 430. The first kappa shape index (κ1) is 12.9. The highest BCUT2D eigenvalue weighted by Crippen LogP contribution is 2.18. The summed E-state index contributed by atoms with van der Waals surface area (Å²) in [6.07, 6.45) is 0.723. The summed E-state index contributed by atoms with van der Waals surface area (Å²) < 4.78 is 26.3. The van der Waals surface area contributed by atoms with E-state index in [0.717, 1.165) is 6.42 Å². The van der Waals surface area contributed by atoms with Crippen LogP contribution in [-0.4, -0.2) is 19.9 Å². The van der Waals surface area contributed by atoms with Crippen LogP contribution in [0.25, 0.3) is 0 Å². The molecule has 0 aliphatic rings. The lowest BCUT2D eigenvalue weighted by molar-refractivity contribution is 0.577. The van der Waals surface area contributed by atoms with E-state index in [1.54, 1.807) is 0 Å². The lowest BCUT2D eigenvalue weighted by atomic mass is 10.5. The number of hydrogen-bond acceptors (Lipinski definition) is 3. The van der Waals surface area contributed by atoms with Crippen LogP contribution in [0.4, 0.5) is 0 Å². The fourth-order valence-corrected chi connectivity index (χ4v) is 2.99. The Labute approximate surface area is 102 Å². The number of hydrogen-bond donors (Lipinski definition) is 1. The highest BCUT2D eigenvalue weighted by molar-refractivity contribution is 9.10. The molecule has 0 atom stereocenters. The van der Waals surface area contributed by atoms with Gasteiger partial charge in [0, 0.05) is 11.0 Å². The second-order valence-electron chi connectivity index (χ2n) is 2.84. The van der Waals surface area contributed by atoms with Crippen LogP contribution in [0.2, 0.25) is 5.15 Å². The zero-order valence-corrected chi connectivity index (χ0v) is 11.2. The van der Waals surface area contributed by atoms with E-state index in [2.05, 4.69) is 25.6 Å². The third kappa shape index (κ3) is 3.71. The first-order chi connectivity index (χ1) is 6.95. The number of sulfonamides is 1. The average Bonchev–Trinajstić information content (AvgIpc) is 2.13. The van der Waals surface area contributed by atoms with Gasteiger partial charge in [0.25, 0.3) is 10.0 Å². The lowest BCUT2D eigenvalue weighted by Gasteiger charge is -2.05. The minimum atomic E-state index is -3.54. The molecule has 15 heavy (non-hydrogen) atoms. The first-order valence-electron chi connectivity index (χ1n) is 4.28. The summed E-state index contributed by atoms with van der Waals surface area (Å²) in [6.45, 7) is 2.26. The molecular weight excluding hydrogens is 304 g/mol. The average molecular weight is 314 g/mol. The van der Waals surface area contributed by atoms with Crippen molar-refractivity contribution in [1.82, 2.24) is 9.71 Å². The van der Waals surface area contributed by atoms with Crippen molar-refractivity contribution in [3.8, 4) is 0 Å². The Hall–Kier alpha value is -0.170. The number of aromatic nitrogens is 1. The van der Waals surface area contributed by atoms with E-state index in [0.29, 0.717) is 11.0 Å². The van der Waals surface area contributed by atoms with E-state index in [9.17, 15) is 8.42 Å². The Balaban J connectivity index is 3.04. The van der Waals surface area contributed by atoms with Crippen LogP contribution in [-0.2, 0) is 10.0 Å². The summed E-state index contributed by atoms with van der Waals surface area (Å²) in [5.41, 5.74) is 0. The van der Waals surface area contributed by atoms with Crippen LogP contribution in [0.1, 0.15) is 13.3 Å². The molecule has 0 unspecified atom stereocenters. The van der Waals surface area contributed by atoms with Crippen molar-refractivity contribution < 1.29 is 8.42 Å². The Kier molecular flexibility index (Phi) is 4.51. The van der Waals surface area contributed by atoms with Gasteiger partial charge in [-0.2, -0.15) is 0 Å². The minimum Gasteiger partial charge on any atom is -0.223 e. The number of halogens is 2. The Morgan fingerprint density at radius 3 is 2.73 bits per heavy atom. The van der Waals surface area contributed by atoms with Crippen LogP contribution in [0, 0.1) is 0 Å². The predicted octanol–water partition coefficient (Wildman–Crippen LogP) is 2.19. The molecule has 7 heteroatoms. The maximum atomic E-state index is 11.6. The first-order valence-corrected chi connectivity index (χ1v) is 6.94. The van der Waals surface area contributed by atoms with Crippen LogP contribution in [0.15, 0.2) is 21.6 Å². The summed E-state index contributed by atoms with van der Waals surface area (Å²) in [5, 5.41) is 0.0663.